The molecule has 1 saturated heterocycles. The minimum absolute atomic E-state index is 0.0839. The van der Waals surface area contributed by atoms with Crippen molar-refractivity contribution in [1.29, 1.82) is 0 Å². The molecule has 2 N–H and O–H groups in total. The molecule has 4 amide bonds. The Labute approximate surface area is 231 Å². The van der Waals surface area contributed by atoms with Crippen molar-refractivity contribution in [1.82, 2.24) is 14.5 Å². The van der Waals surface area contributed by atoms with Gasteiger partial charge >= 0.3 is 6.09 Å². The van der Waals surface area contributed by atoms with Crippen molar-refractivity contribution in [2.45, 2.75) is 51.5 Å². The van der Waals surface area contributed by atoms with Crippen molar-refractivity contribution >= 4 is 50.2 Å². The summed E-state index contributed by atoms with van der Waals surface area (Å²) in [5.74, 6) is -0.876. The Hall–Kier alpha value is -3.29. The maximum atomic E-state index is 13.1. The highest BCUT2D eigenvalue weighted by molar-refractivity contribution is 7.89. The predicted octanol–water partition coefficient (Wildman–Crippen LogP) is 3.21. The Kier molecular flexibility index (Phi) is 8.72. The van der Waals surface area contributed by atoms with Crippen molar-refractivity contribution in [3.05, 3.63) is 45.8 Å². The first-order valence-corrected chi connectivity index (χ1v) is 15.1. The maximum Gasteiger partial charge on any atom is 0.414 e. The number of hydrogen-bond acceptors (Lipinski definition) is 8. The first-order valence-electron chi connectivity index (χ1n) is 12.8. The van der Waals surface area contributed by atoms with E-state index in [1.165, 1.54) is 35.5 Å². The van der Waals surface area contributed by atoms with Crippen LogP contribution in [0.15, 0.2) is 29.2 Å². The number of imide groups is 1. The van der Waals surface area contributed by atoms with Crippen LogP contribution >= 0.6 is 11.3 Å². The molecule has 4 rings (SSSR count). The molecule has 0 atom stereocenters. The van der Waals surface area contributed by atoms with Gasteiger partial charge in [0.15, 0.2) is 0 Å². The minimum Gasteiger partial charge on any atom is -0.450 e. The second-order valence-electron chi connectivity index (χ2n) is 9.64. The average molecular weight is 577 g/mol. The van der Waals surface area contributed by atoms with E-state index in [4.69, 9.17) is 4.74 Å². The molecule has 11 nitrogen and oxygen atoms in total. The number of fused-ring (bicyclic) bond motifs is 1. The number of piperidine rings is 1. The molecule has 1 aromatic heterocycles. The van der Waals surface area contributed by atoms with E-state index >= 15 is 0 Å². The lowest BCUT2D eigenvalue weighted by Crippen LogP contribution is -2.37. The molecule has 0 spiro atoms. The van der Waals surface area contributed by atoms with E-state index in [1.54, 1.807) is 11.8 Å². The van der Waals surface area contributed by atoms with Crippen molar-refractivity contribution < 1.29 is 32.3 Å². The van der Waals surface area contributed by atoms with E-state index < -0.39 is 27.9 Å². The smallest absolute Gasteiger partial charge is 0.414 e. The van der Waals surface area contributed by atoms with Crippen LogP contribution in [0.3, 0.4) is 0 Å². The third kappa shape index (κ3) is 6.31. The fourth-order valence-corrected chi connectivity index (χ4v) is 7.38. The van der Waals surface area contributed by atoms with Crippen molar-refractivity contribution in [3.8, 4) is 0 Å². The summed E-state index contributed by atoms with van der Waals surface area (Å²) in [4.78, 5) is 52.5. The molecule has 0 saturated carbocycles. The van der Waals surface area contributed by atoms with Gasteiger partial charge in [-0.05, 0) is 61.9 Å². The first kappa shape index (κ1) is 28.7. The number of amides is 4. The van der Waals surface area contributed by atoms with Gasteiger partial charge in [0.1, 0.15) is 5.00 Å². The average Bonchev–Trinajstić information content (AvgIpc) is 3.26. The summed E-state index contributed by atoms with van der Waals surface area (Å²) < 4.78 is 32.3. The number of hydrogen-bond donors (Lipinski definition) is 2. The molecule has 2 aliphatic rings. The van der Waals surface area contributed by atoms with Gasteiger partial charge < -0.3 is 15.0 Å². The lowest BCUT2D eigenvalue weighted by atomic mass is 10.0. The summed E-state index contributed by atoms with van der Waals surface area (Å²) in [5, 5.41) is 5.16. The predicted molar refractivity (Wildman–Crippen MR) is 145 cm³/mol. The van der Waals surface area contributed by atoms with Crippen molar-refractivity contribution in [3.63, 3.8) is 0 Å². The lowest BCUT2D eigenvalue weighted by molar-refractivity contribution is -0.129. The third-order valence-electron chi connectivity index (χ3n) is 6.94. The SMILES string of the molecule is CCOC(=O)NC(=O)c1c(NC(=O)c2ccc(S(=O)(=O)N3CCC(C)CC3)cc2)sc2c1CCN(C(C)=O)C2. The maximum absolute atomic E-state index is 13.1. The topological polar surface area (TPSA) is 142 Å². The van der Waals surface area contributed by atoms with E-state index in [9.17, 15) is 27.6 Å². The molecule has 0 bridgehead atoms. The van der Waals surface area contributed by atoms with Gasteiger partial charge in [0.2, 0.25) is 15.9 Å². The molecule has 2 aromatic rings. The number of nitrogens with zero attached hydrogens (tertiary/aromatic N) is 2. The molecule has 3 heterocycles. The number of anilines is 1. The second kappa shape index (κ2) is 11.8. The molecule has 2 aliphatic heterocycles. The van der Waals surface area contributed by atoms with Crippen LogP contribution < -0.4 is 10.6 Å². The summed E-state index contributed by atoms with van der Waals surface area (Å²) >= 11 is 1.16. The van der Waals surface area contributed by atoms with Crippen LogP contribution in [0.5, 0.6) is 0 Å². The molecular weight excluding hydrogens is 544 g/mol. The summed E-state index contributed by atoms with van der Waals surface area (Å²) in [6.07, 6.45) is 1.09. The zero-order valence-corrected chi connectivity index (χ0v) is 23.7. The van der Waals surface area contributed by atoms with Crippen LogP contribution in [-0.4, -0.2) is 67.7 Å². The zero-order valence-electron chi connectivity index (χ0n) is 22.1. The number of nitrogens with one attached hydrogen (secondary N) is 2. The van der Waals surface area contributed by atoms with E-state index in [1.807, 2.05) is 0 Å². The normalized spacial score (nSPS) is 16.3. The number of benzene rings is 1. The van der Waals surface area contributed by atoms with Gasteiger partial charge in [0.25, 0.3) is 11.8 Å². The van der Waals surface area contributed by atoms with Gasteiger partial charge in [0, 0.05) is 37.0 Å². The lowest BCUT2D eigenvalue weighted by Gasteiger charge is -2.29. The Morgan fingerprint density at radius 3 is 2.33 bits per heavy atom. The van der Waals surface area contributed by atoms with Crippen LogP contribution in [0.1, 0.15) is 64.8 Å². The van der Waals surface area contributed by atoms with E-state index in [2.05, 4.69) is 17.6 Å². The summed E-state index contributed by atoms with van der Waals surface area (Å²) in [6, 6.07) is 5.66. The van der Waals surface area contributed by atoms with Gasteiger partial charge in [0.05, 0.1) is 23.6 Å². The summed E-state index contributed by atoms with van der Waals surface area (Å²) in [7, 11) is -3.66. The quantitative estimate of drug-likeness (QED) is 0.538. The van der Waals surface area contributed by atoms with E-state index in [0.29, 0.717) is 37.5 Å². The Bertz CT molecular complexity index is 1380. The van der Waals surface area contributed by atoms with E-state index in [0.717, 1.165) is 29.1 Å². The van der Waals surface area contributed by atoms with Gasteiger partial charge in [-0.3, -0.25) is 19.7 Å². The summed E-state index contributed by atoms with van der Waals surface area (Å²) in [5.41, 5.74) is 1.01. The third-order valence-corrected chi connectivity index (χ3v) is 9.99. The fourth-order valence-electron chi connectivity index (χ4n) is 4.65. The van der Waals surface area contributed by atoms with Gasteiger partial charge in [-0.25, -0.2) is 13.2 Å². The standard InChI is InChI=1S/C26H32N4O7S2/c1-4-37-26(34)28-24(33)22-20-11-12-29(17(3)31)15-21(20)38-25(22)27-23(32)18-5-7-19(8-6-18)39(35,36)30-13-9-16(2)10-14-30/h5-8,16H,4,9-15H2,1-3H3,(H,27,32)(H,28,33,34). The Morgan fingerprint density at radius 1 is 1.05 bits per heavy atom. The highest BCUT2D eigenvalue weighted by Gasteiger charge is 2.31. The summed E-state index contributed by atoms with van der Waals surface area (Å²) in [6.45, 7) is 6.88. The Balaban J connectivity index is 1.56. The monoisotopic (exact) mass is 576 g/mol. The van der Waals surface area contributed by atoms with Crippen molar-refractivity contribution in [2.24, 2.45) is 5.92 Å². The molecule has 1 aromatic carbocycles. The van der Waals surface area contributed by atoms with E-state index in [-0.39, 0.29) is 40.1 Å². The first-order chi connectivity index (χ1) is 18.5. The van der Waals surface area contributed by atoms with Gasteiger partial charge in [-0.15, -0.1) is 11.3 Å². The Morgan fingerprint density at radius 2 is 1.72 bits per heavy atom. The van der Waals surface area contributed by atoms with Crippen LogP contribution in [0, 0.1) is 5.92 Å². The fraction of sp³-hybridized carbons (Fsp3) is 0.462. The number of carbonyl (C=O) groups excluding carboxylic acids is 4. The zero-order chi connectivity index (χ0) is 28.3. The molecule has 39 heavy (non-hydrogen) atoms. The van der Waals surface area contributed by atoms with Crippen LogP contribution in [0.4, 0.5) is 9.80 Å². The molecule has 13 heteroatoms. The minimum atomic E-state index is -3.66. The number of rotatable bonds is 6. The number of thiophene rings is 1. The number of sulfonamides is 1. The number of ether oxygens (including phenoxy) is 1. The molecular formula is C26H32N4O7S2. The largest absolute Gasteiger partial charge is 0.450 e. The van der Waals surface area contributed by atoms with Crippen LogP contribution in [0.25, 0.3) is 0 Å². The second-order valence-corrected chi connectivity index (χ2v) is 12.7. The molecule has 0 unspecified atom stereocenters. The highest BCUT2D eigenvalue weighted by Crippen LogP contribution is 2.37. The molecule has 210 valence electrons. The van der Waals surface area contributed by atoms with Crippen molar-refractivity contribution in [2.75, 3.05) is 31.6 Å². The van der Waals surface area contributed by atoms with Gasteiger partial charge in [-0.1, -0.05) is 6.92 Å². The number of alkyl carbamates (subject to hydrolysis) is 1. The molecule has 0 aliphatic carbocycles. The highest BCUT2D eigenvalue weighted by atomic mass is 32.2. The number of carbonyl (C=O) groups is 4. The molecule has 1 fully saturated rings. The van der Waals surface area contributed by atoms with Crippen LogP contribution in [-0.2, 0) is 32.5 Å². The van der Waals surface area contributed by atoms with Crippen LogP contribution in [0.2, 0.25) is 0 Å². The van der Waals surface area contributed by atoms with Gasteiger partial charge in [-0.2, -0.15) is 4.31 Å². The molecule has 0 radical (unpaired) electrons.